The molecule has 1 fully saturated rings. The van der Waals surface area contributed by atoms with Gasteiger partial charge in [-0.2, -0.15) is 20.5 Å². The Morgan fingerprint density at radius 1 is 1.30 bits per heavy atom. The van der Waals surface area contributed by atoms with Gasteiger partial charge in [-0.05, 0) is 24.3 Å². The van der Waals surface area contributed by atoms with Crippen LogP contribution in [0.1, 0.15) is 0 Å². The molecule has 1 aromatic carbocycles. The van der Waals surface area contributed by atoms with Gasteiger partial charge in [0.05, 0.1) is 11.2 Å². The van der Waals surface area contributed by atoms with Crippen molar-refractivity contribution in [1.82, 2.24) is 9.88 Å². The quantitative estimate of drug-likeness (QED) is 0.931. The van der Waals surface area contributed by atoms with Gasteiger partial charge in [-0.15, -0.1) is 0 Å². The largest absolute Gasteiger partial charge is 0.434 e. The van der Waals surface area contributed by atoms with Crippen LogP contribution in [0.2, 0.25) is 0 Å². The lowest BCUT2D eigenvalue weighted by Gasteiger charge is -2.26. The Hall–Kier alpha value is -2.09. The van der Waals surface area contributed by atoms with Gasteiger partial charge in [-0.3, -0.25) is 4.98 Å². The number of ether oxygens (including phenoxy) is 1. The zero-order chi connectivity index (χ0) is 16.2. The Labute approximate surface area is 136 Å². The molecule has 1 aliphatic rings. The van der Waals surface area contributed by atoms with E-state index in [1.54, 1.807) is 23.2 Å². The maximum absolute atomic E-state index is 12.5. The summed E-state index contributed by atoms with van der Waals surface area (Å²) in [7, 11) is 0. The molecule has 0 aliphatic carbocycles. The highest BCUT2D eigenvalue weighted by atomic mass is 32.2. The third kappa shape index (κ3) is 3.64. The van der Waals surface area contributed by atoms with Crippen LogP contribution in [0.3, 0.4) is 0 Å². The highest BCUT2D eigenvalue weighted by molar-refractivity contribution is 7.99. The number of carbonyl (C=O) groups is 1. The second-order valence-corrected chi connectivity index (χ2v) is 6.14. The molecular formula is C15H15F2N3O2S. The maximum Gasteiger partial charge on any atom is 0.387 e. The lowest BCUT2D eigenvalue weighted by atomic mass is 10.1. The third-order valence-electron chi connectivity index (χ3n) is 3.49. The van der Waals surface area contributed by atoms with E-state index in [1.165, 1.54) is 12.1 Å². The van der Waals surface area contributed by atoms with Gasteiger partial charge < -0.3 is 15.0 Å². The van der Waals surface area contributed by atoms with Crippen LogP contribution in [0.25, 0.3) is 10.9 Å². The number of benzene rings is 1. The first-order valence-corrected chi connectivity index (χ1v) is 8.27. The van der Waals surface area contributed by atoms with E-state index in [0.717, 1.165) is 11.5 Å². The Bertz CT molecular complexity index is 708. The minimum Gasteiger partial charge on any atom is -0.434 e. The van der Waals surface area contributed by atoms with Gasteiger partial charge in [0.15, 0.2) is 0 Å². The Balaban J connectivity index is 1.87. The highest BCUT2D eigenvalue weighted by Crippen LogP contribution is 2.31. The first kappa shape index (κ1) is 15.8. The molecule has 1 N–H and O–H groups in total. The van der Waals surface area contributed by atoms with Crippen LogP contribution >= 0.6 is 11.8 Å². The van der Waals surface area contributed by atoms with E-state index < -0.39 is 6.61 Å². The third-order valence-corrected chi connectivity index (χ3v) is 4.43. The molecule has 1 aromatic heterocycles. The fourth-order valence-electron chi connectivity index (χ4n) is 2.41. The molecule has 8 heteroatoms. The van der Waals surface area contributed by atoms with Gasteiger partial charge in [-0.25, -0.2) is 4.79 Å². The number of anilines is 1. The minimum atomic E-state index is -2.91. The number of nitrogens with one attached hydrogen (secondary N) is 1. The van der Waals surface area contributed by atoms with Crippen LogP contribution in [0.5, 0.6) is 5.75 Å². The number of urea groups is 1. The normalized spacial score (nSPS) is 15.0. The first-order chi connectivity index (χ1) is 11.1. The lowest BCUT2D eigenvalue weighted by molar-refractivity contribution is -0.0487. The molecule has 5 nitrogen and oxygen atoms in total. The summed E-state index contributed by atoms with van der Waals surface area (Å²) in [5, 5.41) is 3.24. The molecular weight excluding hydrogens is 324 g/mol. The van der Waals surface area contributed by atoms with Gasteiger partial charge in [0.25, 0.3) is 0 Å². The number of carbonyl (C=O) groups excluding carboxylic acids is 1. The Kier molecular flexibility index (Phi) is 4.80. The number of hydrogen-bond acceptors (Lipinski definition) is 4. The number of hydrogen-bond donors (Lipinski definition) is 1. The molecule has 122 valence electrons. The van der Waals surface area contributed by atoms with Crippen LogP contribution in [-0.4, -0.2) is 47.1 Å². The van der Waals surface area contributed by atoms with Gasteiger partial charge in [0.1, 0.15) is 5.75 Å². The Morgan fingerprint density at radius 3 is 2.83 bits per heavy atom. The molecule has 2 aromatic rings. The molecule has 0 unspecified atom stereocenters. The van der Waals surface area contributed by atoms with Gasteiger partial charge >= 0.3 is 12.6 Å². The SMILES string of the molecule is O=C(Nc1ccc(OC(F)F)c2cccnc12)N1CCSCC1. The van der Waals surface area contributed by atoms with Crippen molar-refractivity contribution in [2.75, 3.05) is 29.9 Å². The molecule has 0 radical (unpaired) electrons. The maximum atomic E-state index is 12.5. The zero-order valence-corrected chi connectivity index (χ0v) is 13.0. The summed E-state index contributed by atoms with van der Waals surface area (Å²) < 4.78 is 29.5. The number of thioether (sulfide) groups is 1. The van der Waals surface area contributed by atoms with Crippen molar-refractivity contribution in [3.05, 3.63) is 30.5 Å². The molecule has 2 amide bonds. The summed E-state index contributed by atoms with van der Waals surface area (Å²) in [4.78, 5) is 18.2. The molecule has 1 aliphatic heterocycles. The molecule has 0 atom stereocenters. The van der Waals surface area contributed by atoms with E-state index in [0.29, 0.717) is 29.7 Å². The summed E-state index contributed by atoms with van der Waals surface area (Å²) >= 11 is 1.81. The van der Waals surface area contributed by atoms with Crippen molar-refractivity contribution in [2.24, 2.45) is 0 Å². The van der Waals surface area contributed by atoms with Crippen LogP contribution in [0.15, 0.2) is 30.5 Å². The number of aromatic nitrogens is 1. The summed E-state index contributed by atoms with van der Waals surface area (Å²) in [5.41, 5.74) is 0.899. The number of nitrogens with zero attached hydrogens (tertiary/aromatic N) is 2. The number of fused-ring (bicyclic) bond motifs is 1. The predicted molar refractivity (Wildman–Crippen MR) is 86.3 cm³/mol. The summed E-state index contributed by atoms with van der Waals surface area (Å²) in [6.45, 7) is -1.53. The average molecular weight is 339 g/mol. The molecule has 0 bridgehead atoms. The van der Waals surface area contributed by atoms with Gasteiger partial charge in [-0.1, -0.05) is 0 Å². The smallest absolute Gasteiger partial charge is 0.387 e. The molecule has 1 saturated heterocycles. The summed E-state index contributed by atoms with van der Waals surface area (Å²) in [6, 6.07) is 6.00. The number of halogens is 2. The summed E-state index contributed by atoms with van der Waals surface area (Å²) in [5.74, 6) is 1.86. The molecule has 0 spiro atoms. The fraction of sp³-hybridized carbons (Fsp3) is 0.333. The van der Waals surface area contributed by atoms with Crippen LogP contribution in [-0.2, 0) is 0 Å². The monoisotopic (exact) mass is 339 g/mol. The fourth-order valence-corrected chi connectivity index (χ4v) is 3.31. The summed E-state index contributed by atoms with van der Waals surface area (Å²) in [6.07, 6.45) is 1.54. The predicted octanol–water partition coefficient (Wildman–Crippen LogP) is 3.42. The number of pyridine rings is 1. The second kappa shape index (κ2) is 6.99. The van der Waals surface area contributed by atoms with E-state index in [4.69, 9.17) is 0 Å². The number of alkyl halides is 2. The van der Waals surface area contributed by atoms with E-state index in [2.05, 4.69) is 15.0 Å². The lowest BCUT2D eigenvalue weighted by Crippen LogP contribution is -2.40. The van der Waals surface area contributed by atoms with Crippen LogP contribution < -0.4 is 10.1 Å². The average Bonchev–Trinajstić information content (AvgIpc) is 2.57. The van der Waals surface area contributed by atoms with Crippen molar-refractivity contribution < 1.29 is 18.3 Å². The number of rotatable bonds is 3. The topological polar surface area (TPSA) is 54.5 Å². The van der Waals surface area contributed by atoms with Crippen LogP contribution in [0, 0.1) is 0 Å². The van der Waals surface area contributed by atoms with Gasteiger partial charge in [0, 0.05) is 36.2 Å². The van der Waals surface area contributed by atoms with Crippen LogP contribution in [0.4, 0.5) is 19.3 Å². The molecule has 23 heavy (non-hydrogen) atoms. The highest BCUT2D eigenvalue weighted by Gasteiger charge is 2.19. The molecule has 2 heterocycles. The zero-order valence-electron chi connectivity index (χ0n) is 12.2. The van der Waals surface area contributed by atoms with Crippen molar-refractivity contribution >= 4 is 34.4 Å². The second-order valence-electron chi connectivity index (χ2n) is 4.92. The van der Waals surface area contributed by atoms with Crippen molar-refractivity contribution in [1.29, 1.82) is 0 Å². The number of amides is 2. The molecule has 0 saturated carbocycles. The Morgan fingerprint density at radius 2 is 2.09 bits per heavy atom. The first-order valence-electron chi connectivity index (χ1n) is 7.11. The van der Waals surface area contributed by atoms with E-state index in [1.807, 2.05) is 11.8 Å². The standard InChI is InChI=1S/C15H15F2N3O2S/c16-14(17)22-12-4-3-11(13-10(12)2-1-5-18-13)19-15(21)20-6-8-23-9-7-20/h1-5,14H,6-9H2,(H,19,21). The van der Waals surface area contributed by atoms with E-state index in [9.17, 15) is 13.6 Å². The minimum absolute atomic E-state index is 0.0375. The van der Waals surface area contributed by atoms with Crippen molar-refractivity contribution in [2.45, 2.75) is 6.61 Å². The molecule has 3 rings (SSSR count). The van der Waals surface area contributed by atoms with Crippen molar-refractivity contribution in [3.63, 3.8) is 0 Å². The van der Waals surface area contributed by atoms with E-state index >= 15 is 0 Å². The van der Waals surface area contributed by atoms with Crippen molar-refractivity contribution in [3.8, 4) is 5.75 Å². The van der Waals surface area contributed by atoms with Gasteiger partial charge in [0.2, 0.25) is 0 Å². The van der Waals surface area contributed by atoms with E-state index in [-0.39, 0.29) is 11.8 Å².